The van der Waals surface area contributed by atoms with E-state index in [1.165, 1.54) is 0 Å². The summed E-state index contributed by atoms with van der Waals surface area (Å²) in [6, 6.07) is 3.76. The van der Waals surface area contributed by atoms with Crippen LogP contribution >= 0.6 is 15.9 Å². The summed E-state index contributed by atoms with van der Waals surface area (Å²) in [5, 5.41) is 12.5. The Kier molecular flexibility index (Phi) is 4.16. The van der Waals surface area contributed by atoms with Gasteiger partial charge >= 0.3 is 0 Å². The first-order chi connectivity index (χ1) is 8.93. The summed E-state index contributed by atoms with van der Waals surface area (Å²) >= 11 is 3.54. The number of carbonyl (C=O) groups excluding carboxylic acids is 1. The minimum atomic E-state index is -1.06. The minimum absolute atomic E-state index is 0.356. The zero-order valence-electron chi connectivity index (χ0n) is 11.4. The first kappa shape index (κ1) is 14.3. The van der Waals surface area contributed by atoms with Crippen LogP contribution in [0.4, 0.5) is 11.4 Å². The lowest BCUT2D eigenvalue weighted by molar-refractivity contribution is -0.123. The highest BCUT2D eigenvalue weighted by molar-refractivity contribution is 9.10. The van der Waals surface area contributed by atoms with Crippen molar-refractivity contribution in [2.45, 2.75) is 26.9 Å². The van der Waals surface area contributed by atoms with Crippen molar-refractivity contribution in [1.29, 1.82) is 0 Å². The molecular formula is C14H19BrN2O2. The third-order valence-corrected chi connectivity index (χ3v) is 3.86. The van der Waals surface area contributed by atoms with E-state index in [-0.39, 0.29) is 5.91 Å². The molecule has 4 nitrogen and oxygen atoms in total. The third kappa shape index (κ3) is 2.77. The highest BCUT2D eigenvalue weighted by Gasteiger charge is 2.30. The lowest BCUT2D eigenvalue weighted by Gasteiger charge is -2.27. The standard InChI is InChI=1S/C14H19BrN2O2/c1-4-17(7-8(2)3)12-6-11-9(5-10(12)15)13(18)14(19)16-11/h5-6,8,13,18H,4,7H2,1-3H3,(H,16,19). The van der Waals surface area contributed by atoms with Gasteiger partial charge in [-0.3, -0.25) is 4.79 Å². The normalized spacial score (nSPS) is 17.6. The highest BCUT2D eigenvalue weighted by Crippen LogP contribution is 2.39. The summed E-state index contributed by atoms with van der Waals surface area (Å²) < 4.78 is 0.907. The Morgan fingerprint density at radius 3 is 2.74 bits per heavy atom. The van der Waals surface area contributed by atoms with Gasteiger partial charge in [0.1, 0.15) is 0 Å². The molecule has 0 radical (unpaired) electrons. The molecule has 1 aliphatic rings. The molecule has 0 aliphatic carbocycles. The van der Waals surface area contributed by atoms with E-state index in [2.05, 4.69) is 46.9 Å². The first-order valence-electron chi connectivity index (χ1n) is 6.51. The number of nitrogens with one attached hydrogen (secondary N) is 1. The summed E-state index contributed by atoms with van der Waals surface area (Å²) in [5.74, 6) is 0.200. The molecule has 0 saturated carbocycles. The smallest absolute Gasteiger partial charge is 0.257 e. The van der Waals surface area contributed by atoms with Crippen molar-refractivity contribution in [1.82, 2.24) is 0 Å². The average molecular weight is 327 g/mol. The maximum atomic E-state index is 11.5. The van der Waals surface area contributed by atoms with E-state index < -0.39 is 6.10 Å². The molecule has 0 aromatic heterocycles. The summed E-state index contributed by atoms with van der Waals surface area (Å²) in [6.07, 6.45) is -1.06. The van der Waals surface area contributed by atoms with E-state index in [9.17, 15) is 9.90 Å². The summed E-state index contributed by atoms with van der Waals surface area (Å²) in [6.45, 7) is 8.30. The molecule has 0 bridgehead atoms. The molecule has 0 saturated heterocycles. The number of aliphatic hydroxyl groups excluding tert-OH is 1. The molecular weight excluding hydrogens is 308 g/mol. The Labute approximate surface area is 121 Å². The van der Waals surface area contributed by atoms with Crippen LogP contribution in [0.1, 0.15) is 32.4 Å². The zero-order chi connectivity index (χ0) is 14.2. The van der Waals surface area contributed by atoms with Crippen LogP contribution in [0.15, 0.2) is 16.6 Å². The van der Waals surface area contributed by atoms with Gasteiger partial charge in [-0.2, -0.15) is 0 Å². The van der Waals surface area contributed by atoms with Crippen LogP contribution in [-0.2, 0) is 4.79 Å². The second-order valence-electron chi connectivity index (χ2n) is 5.22. The highest BCUT2D eigenvalue weighted by atomic mass is 79.9. The monoisotopic (exact) mass is 326 g/mol. The number of benzene rings is 1. The van der Waals surface area contributed by atoms with Crippen molar-refractivity contribution >= 4 is 33.2 Å². The van der Waals surface area contributed by atoms with Crippen LogP contribution in [0.25, 0.3) is 0 Å². The maximum absolute atomic E-state index is 11.5. The Bertz CT molecular complexity index is 502. The van der Waals surface area contributed by atoms with Crippen LogP contribution in [0.2, 0.25) is 0 Å². The van der Waals surface area contributed by atoms with E-state index in [1.54, 1.807) is 0 Å². The van der Waals surface area contributed by atoms with Gasteiger partial charge in [0.15, 0.2) is 6.10 Å². The van der Waals surface area contributed by atoms with Crippen LogP contribution in [0.3, 0.4) is 0 Å². The summed E-state index contributed by atoms with van der Waals surface area (Å²) in [7, 11) is 0. The number of amides is 1. The number of hydrogen-bond donors (Lipinski definition) is 2. The maximum Gasteiger partial charge on any atom is 0.257 e. The van der Waals surface area contributed by atoms with Gasteiger partial charge in [-0.1, -0.05) is 13.8 Å². The van der Waals surface area contributed by atoms with Crippen molar-refractivity contribution in [2.75, 3.05) is 23.3 Å². The molecule has 1 aliphatic heterocycles. The second-order valence-corrected chi connectivity index (χ2v) is 6.07. The van der Waals surface area contributed by atoms with Gasteiger partial charge in [-0.15, -0.1) is 0 Å². The number of halogens is 1. The topological polar surface area (TPSA) is 52.6 Å². The summed E-state index contributed by atoms with van der Waals surface area (Å²) in [5.41, 5.74) is 2.39. The molecule has 1 aromatic rings. The molecule has 5 heteroatoms. The van der Waals surface area contributed by atoms with Crippen LogP contribution < -0.4 is 10.2 Å². The van der Waals surface area contributed by atoms with Gasteiger partial charge in [0.25, 0.3) is 5.91 Å². The number of aliphatic hydroxyl groups is 1. The van der Waals surface area contributed by atoms with Crippen molar-refractivity contribution < 1.29 is 9.90 Å². The average Bonchev–Trinajstić information content (AvgIpc) is 2.62. The number of fused-ring (bicyclic) bond motifs is 1. The van der Waals surface area contributed by atoms with Crippen LogP contribution in [0.5, 0.6) is 0 Å². The quantitative estimate of drug-likeness (QED) is 0.894. The predicted octanol–water partition coefficient (Wildman–Crippen LogP) is 2.92. The summed E-state index contributed by atoms with van der Waals surface area (Å²) in [4.78, 5) is 13.7. The molecule has 1 aromatic carbocycles. The van der Waals surface area contributed by atoms with Gasteiger partial charge in [0.2, 0.25) is 0 Å². The fraction of sp³-hybridized carbons (Fsp3) is 0.500. The predicted molar refractivity (Wildman–Crippen MR) is 80.5 cm³/mol. The number of anilines is 2. The molecule has 19 heavy (non-hydrogen) atoms. The van der Waals surface area contributed by atoms with Gasteiger partial charge in [0.05, 0.1) is 5.69 Å². The molecule has 1 heterocycles. The van der Waals surface area contributed by atoms with Gasteiger partial charge < -0.3 is 15.3 Å². The van der Waals surface area contributed by atoms with Gasteiger partial charge in [-0.05, 0) is 40.9 Å². The van der Waals surface area contributed by atoms with E-state index in [4.69, 9.17) is 0 Å². The molecule has 2 rings (SSSR count). The fourth-order valence-corrected chi connectivity index (χ4v) is 2.95. The Morgan fingerprint density at radius 2 is 2.16 bits per heavy atom. The Morgan fingerprint density at radius 1 is 1.47 bits per heavy atom. The van der Waals surface area contributed by atoms with E-state index in [0.29, 0.717) is 17.2 Å². The van der Waals surface area contributed by atoms with Crippen molar-refractivity contribution in [3.8, 4) is 0 Å². The van der Waals surface area contributed by atoms with Crippen molar-refractivity contribution in [2.24, 2.45) is 5.92 Å². The fourth-order valence-electron chi connectivity index (χ4n) is 2.33. The lowest BCUT2D eigenvalue weighted by atomic mass is 10.1. The van der Waals surface area contributed by atoms with E-state index in [1.807, 2.05) is 12.1 Å². The lowest BCUT2D eigenvalue weighted by Crippen LogP contribution is -2.27. The SMILES string of the molecule is CCN(CC(C)C)c1cc2c(cc1Br)C(O)C(=O)N2. The van der Waals surface area contributed by atoms with Gasteiger partial charge in [0, 0.05) is 28.8 Å². The molecule has 2 N–H and O–H groups in total. The van der Waals surface area contributed by atoms with Gasteiger partial charge in [-0.25, -0.2) is 0 Å². The second kappa shape index (κ2) is 5.51. The number of carbonyl (C=O) groups is 1. The van der Waals surface area contributed by atoms with E-state index >= 15 is 0 Å². The van der Waals surface area contributed by atoms with Crippen molar-refractivity contribution in [3.63, 3.8) is 0 Å². The van der Waals surface area contributed by atoms with Crippen LogP contribution in [0, 0.1) is 5.92 Å². The molecule has 0 spiro atoms. The Balaban J connectivity index is 2.38. The molecule has 1 amide bonds. The molecule has 104 valence electrons. The van der Waals surface area contributed by atoms with E-state index in [0.717, 1.165) is 23.2 Å². The molecule has 1 atom stereocenters. The van der Waals surface area contributed by atoms with Crippen molar-refractivity contribution in [3.05, 3.63) is 22.2 Å². The number of nitrogens with zero attached hydrogens (tertiary/aromatic N) is 1. The third-order valence-electron chi connectivity index (χ3n) is 3.23. The largest absolute Gasteiger partial charge is 0.378 e. The van der Waals surface area contributed by atoms with Crippen LogP contribution in [-0.4, -0.2) is 24.1 Å². The number of hydrogen-bond acceptors (Lipinski definition) is 3. The zero-order valence-corrected chi connectivity index (χ0v) is 13.0. The number of rotatable bonds is 4. The Hall–Kier alpha value is -1.07. The molecule has 0 fully saturated rings. The molecule has 1 unspecified atom stereocenters. The first-order valence-corrected chi connectivity index (χ1v) is 7.30. The minimum Gasteiger partial charge on any atom is -0.378 e.